The maximum Gasteiger partial charge on any atom is 0.307 e. The van der Waals surface area contributed by atoms with Gasteiger partial charge in [-0.3, -0.25) is 4.79 Å². The molecule has 3 atom stereocenters. The smallest absolute Gasteiger partial charge is 0.307 e. The van der Waals surface area contributed by atoms with Gasteiger partial charge in [-0.1, -0.05) is 20.8 Å². The Balaban J connectivity index is 2.27. The van der Waals surface area contributed by atoms with Gasteiger partial charge in [0.2, 0.25) is 0 Å². The molecule has 3 heteroatoms. The van der Waals surface area contributed by atoms with Crippen LogP contribution >= 0.6 is 0 Å². The molecule has 2 aliphatic rings. The largest absolute Gasteiger partial charge is 0.481 e. The van der Waals surface area contributed by atoms with Gasteiger partial charge in [-0.2, -0.15) is 0 Å². The second-order valence-electron chi connectivity index (χ2n) is 5.45. The molecule has 1 aliphatic heterocycles. The Morgan fingerprint density at radius 2 is 2.20 bits per heavy atom. The van der Waals surface area contributed by atoms with Crippen LogP contribution < -0.4 is 0 Å². The second-order valence-corrected chi connectivity index (χ2v) is 5.45. The topological polar surface area (TPSA) is 46.5 Å². The zero-order valence-electron chi connectivity index (χ0n) is 9.75. The second kappa shape index (κ2) is 3.21. The van der Waals surface area contributed by atoms with Gasteiger partial charge in [0.1, 0.15) is 0 Å². The minimum absolute atomic E-state index is 0.0185. The van der Waals surface area contributed by atoms with E-state index in [1.54, 1.807) is 0 Å². The highest BCUT2D eigenvalue weighted by Crippen LogP contribution is 2.75. The summed E-state index contributed by atoms with van der Waals surface area (Å²) in [6, 6.07) is 0. The molecule has 0 aromatic rings. The molecule has 3 nitrogen and oxygen atoms in total. The molecule has 3 unspecified atom stereocenters. The van der Waals surface area contributed by atoms with Crippen molar-refractivity contribution in [3.63, 3.8) is 0 Å². The molecule has 0 aromatic heterocycles. The average Bonchev–Trinajstić information content (AvgIpc) is 2.56. The summed E-state index contributed by atoms with van der Waals surface area (Å²) in [5, 5.41) is 9.28. The number of carboxylic acids is 1. The summed E-state index contributed by atoms with van der Waals surface area (Å²) in [4.78, 5) is 11.3. The maximum absolute atomic E-state index is 11.3. The molecule has 1 aliphatic carbocycles. The van der Waals surface area contributed by atoms with Crippen molar-refractivity contribution in [1.29, 1.82) is 0 Å². The fourth-order valence-corrected chi connectivity index (χ4v) is 4.07. The summed E-state index contributed by atoms with van der Waals surface area (Å²) in [6.07, 6.45) is 1.98. The van der Waals surface area contributed by atoms with E-state index in [-0.39, 0.29) is 16.7 Å². The van der Waals surface area contributed by atoms with Crippen LogP contribution in [0.1, 0.15) is 33.6 Å². The van der Waals surface area contributed by atoms with E-state index in [0.717, 1.165) is 26.1 Å². The van der Waals surface area contributed by atoms with Crippen molar-refractivity contribution in [2.24, 2.45) is 22.7 Å². The van der Waals surface area contributed by atoms with Crippen molar-refractivity contribution in [3.8, 4) is 0 Å². The standard InChI is InChI=1S/C12H20O3/c1-4-12(8-5-6-15-7-8)9(10(13)14)11(12,2)3/h8-9H,4-7H2,1-3H3,(H,13,14). The Labute approximate surface area is 90.8 Å². The highest BCUT2D eigenvalue weighted by Gasteiger charge is 2.75. The van der Waals surface area contributed by atoms with Crippen LogP contribution in [0.25, 0.3) is 0 Å². The predicted octanol–water partition coefficient (Wildman–Crippen LogP) is 2.16. The van der Waals surface area contributed by atoms with E-state index in [9.17, 15) is 9.90 Å². The molecule has 1 heterocycles. The number of aliphatic carboxylic acids is 1. The lowest BCUT2D eigenvalue weighted by Gasteiger charge is -2.24. The van der Waals surface area contributed by atoms with E-state index in [0.29, 0.717) is 5.92 Å². The molecule has 1 saturated heterocycles. The lowest BCUT2D eigenvalue weighted by atomic mass is 9.79. The third-order valence-corrected chi connectivity index (χ3v) is 4.84. The van der Waals surface area contributed by atoms with Crippen molar-refractivity contribution < 1.29 is 14.6 Å². The first kappa shape index (κ1) is 10.9. The van der Waals surface area contributed by atoms with E-state index in [1.807, 2.05) is 0 Å². The molecule has 86 valence electrons. The summed E-state index contributed by atoms with van der Waals surface area (Å²) in [5.41, 5.74) is -0.0821. The van der Waals surface area contributed by atoms with E-state index in [2.05, 4.69) is 20.8 Å². The van der Waals surface area contributed by atoms with Crippen LogP contribution in [0.3, 0.4) is 0 Å². The molecule has 15 heavy (non-hydrogen) atoms. The molecular formula is C12H20O3. The molecule has 0 bridgehead atoms. The number of carboxylic acid groups (broad SMARTS) is 1. The van der Waals surface area contributed by atoms with E-state index < -0.39 is 5.97 Å². The SMILES string of the molecule is CCC1(C2CCOC2)C(C(=O)O)C1(C)C. The zero-order valence-corrected chi connectivity index (χ0v) is 9.75. The third kappa shape index (κ3) is 1.19. The quantitative estimate of drug-likeness (QED) is 0.779. The summed E-state index contributed by atoms with van der Waals surface area (Å²) in [6.45, 7) is 7.85. The molecule has 1 saturated carbocycles. The van der Waals surface area contributed by atoms with Gasteiger partial charge in [0.15, 0.2) is 0 Å². The Bertz CT molecular complexity index is 279. The van der Waals surface area contributed by atoms with Crippen molar-refractivity contribution >= 4 is 5.97 Å². The summed E-state index contributed by atoms with van der Waals surface area (Å²) in [7, 11) is 0. The normalized spacial score (nSPS) is 42.9. The first-order valence-corrected chi connectivity index (χ1v) is 5.79. The minimum Gasteiger partial charge on any atom is -0.481 e. The van der Waals surface area contributed by atoms with Gasteiger partial charge >= 0.3 is 5.97 Å². The Hall–Kier alpha value is -0.570. The van der Waals surface area contributed by atoms with Gasteiger partial charge in [-0.25, -0.2) is 0 Å². The summed E-state index contributed by atoms with van der Waals surface area (Å²) < 4.78 is 5.41. The van der Waals surface area contributed by atoms with E-state index in [1.165, 1.54) is 0 Å². The predicted molar refractivity (Wildman–Crippen MR) is 56.6 cm³/mol. The zero-order chi connectivity index (χ0) is 11.3. The fourth-order valence-electron chi connectivity index (χ4n) is 4.07. The average molecular weight is 212 g/mol. The van der Waals surface area contributed by atoms with Gasteiger partial charge in [0.05, 0.1) is 12.5 Å². The van der Waals surface area contributed by atoms with Crippen molar-refractivity contribution in [3.05, 3.63) is 0 Å². The molecule has 1 N–H and O–H groups in total. The lowest BCUT2D eigenvalue weighted by Crippen LogP contribution is -2.22. The molecule has 0 radical (unpaired) electrons. The van der Waals surface area contributed by atoms with Crippen molar-refractivity contribution in [1.82, 2.24) is 0 Å². The van der Waals surface area contributed by atoms with E-state index in [4.69, 9.17) is 4.74 Å². The Morgan fingerprint density at radius 1 is 1.53 bits per heavy atom. The number of hydrogen-bond acceptors (Lipinski definition) is 2. The highest BCUT2D eigenvalue weighted by molar-refractivity contribution is 5.77. The molecule has 0 aromatic carbocycles. The van der Waals surface area contributed by atoms with Gasteiger partial charge in [-0.15, -0.1) is 0 Å². The Kier molecular flexibility index (Phi) is 2.34. The van der Waals surface area contributed by atoms with Crippen LogP contribution in [-0.4, -0.2) is 24.3 Å². The highest BCUT2D eigenvalue weighted by atomic mass is 16.5. The number of carbonyl (C=O) groups is 1. The van der Waals surface area contributed by atoms with Crippen LogP contribution in [0.2, 0.25) is 0 Å². The lowest BCUT2D eigenvalue weighted by molar-refractivity contribution is -0.140. The molecule has 2 fully saturated rings. The van der Waals surface area contributed by atoms with Crippen molar-refractivity contribution in [2.75, 3.05) is 13.2 Å². The number of ether oxygens (including phenoxy) is 1. The fraction of sp³-hybridized carbons (Fsp3) is 0.917. The number of rotatable bonds is 3. The van der Waals surface area contributed by atoms with Crippen LogP contribution in [-0.2, 0) is 9.53 Å². The van der Waals surface area contributed by atoms with Gasteiger partial charge in [0, 0.05) is 6.61 Å². The Morgan fingerprint density at radius 3 is 2.53 bits per heavy atom. The molecule has 0 amide bonds. The van der Waals surface area contributed by atoms with Crippen LogP contribution in [0.5, 0.6) is 0 Å². The van der Waals surface area contributed by atoms with Crippen LogP contribution in [0, 0.1) is 22.7 Å². The summed E-state index contributed by atoms with van der Waals surface area (Å²) in [5.74, 6) is -0.367. The first-order chi connectivity index (χ1) is 6.98. The maximum atomic E-state index is 11.3. The van der Waals surface area contributed by atoms with Crippen molar-refractivity contribution in [2.45, 2.75) is 33.6 Å². The van der Waals surface area contributed by atoms with Crippen LogP contribution in [0.15, 0.2) is 0 Å². The monoisotopic (exact) mass is 212 g/mol. The minimum atomic E-state index is -0.631. The van der Waals surface area contributed by atoms with E-state index >= 15 is 0 Å². The first-order valence-electron chi connectivity index (χ1n) is 5.79. The van der Waals surface area contributed by atoms with Gasteiger partial charge in [-0.05, 0) is 29.6 Å². The molecule has 0 spiro atoms. The third-order valence-electron chi connectivity index (χ3n) is 4.84. The van der Waals surface area contributed by atoms with Gasteiger partial charge in [0.25, 0.3) is 0 Å². The summed E-state index contributed by atoms with van der Waals surface area (Å²) >= 11 is 0. The van der Waals surface area contributed by atoms with Crippen LogP contribution in [0.4, 0.5) is 0 Å². The molecular weight excluding hydrogens is 192 g/mol. The number of hydrogen-bond donors (Lipinski definition) is 1. The molecule has 2 rings (SSSR count). The van der Waals surface area contributed by atoms with Gasteiger partial charge < -0.3 is 9.84 Å².